The topological polar surface area (TPSA) is 66.0 Å². The molecule has 0 aromatic heterocycles. The summed E-state index contributed by atoms with van der Waals surface area (Å²) >= 11 is 0. The molecule has 1 aliphatic carbocycles. The van der Waals surface area contributed by atoms with Crippen LogP contribution in [0.3, 0.4) is 0 Å². The Labute approximate surface area is 146 Å². The van der Waals surface area contributed by atoms with E-state index in [0.717, 1.165) is 57.4 Å². The molecule has 0 bridgehead atoms. The number of hydrogen-bond donors (Lipinski definition) is 2. The zero-order chi connectivity index (χ0) is 17.6. The Morgan fingerprint density at radius 3 is 2.58 bits per heavy atom. The number of likely N-dealkylation sites (tertiary alicyclic amines) is 1. The number of rotatable bonds is 5. The van der Waals surface area contributed by atoms with Crippen molar-refractivity contribution in [2.45, 2.75) is 59.0 Å². The number of carbonyl (C=O) groups excluding carboxylic acids is 1. The summed E-state index contributed by atoms with van der Waals surface area (Å²) in [4.78, 5) is 18.8. The van der Waals surface area contributed by atoms with Gasteiger partial charge in [-0.2, -0.15) is 0 Å². The van der Waals surface area contributed by atoms with Crippen molar-refractivity contribution in [1.29, 1.82) is 0 Å². The van der Waals surface area contributed by atoms with Crippen LogP contribution in [0.5, 0.6) is 0 Å². The molecule has 0 aromatic carbocycles. The standard InChI is InChI=1S/C18H34N4O2/c1-5-19-16(20-11-14-8-9-14)21-12-15-7-6-10-22(13-15)17(23)24-18(2,3)4/h14-15H,5-13H2,1-4H3,(H2,19,20,21). The van der Waals surface area contributed by atoms with Crippen molar-refractivity contribution in [2.24, 2.45) is 16.8 Å². The van der Waals surface area contributed by atoms with Gasteiger partial charge >= 0.3 is 6.09 Å². The van der Waals surface area contributed by atoms with E-state index >= 15 is 0 Å². The van der Waals surface area contributed by atoms with Crippen molar-refractivity contribution in [3.63, 3.8) is 0 Å². The smallest absolute Gasteiger partial charge is 0.410 e. The summed E-state index contributed by atoms with van der Waals surface area (Å²) in [7, 11) is 0. The maximum Gasteiger partial charge on any atom is 0.410 e. The van der Waals surface area contributed by atoms with Crippen LogP contribution >= 0.6 is 0 Å². The third-order valence-electron chi connectivity index (χ3n) is 4.28. The van der Waals surface area contributed by atoms with E-state index in [1.165, 1.54) is 12.8 Å². The molecule has 6 heteroatoms. The molecule has 2 rings (SSSR count). The van der Waals surface area contributed by atoms with Gasteiger partial charge in [0.05, 0.1) is 0 Å². The Morgan fingerprint density at radius 2 is 1.96 bits per heavy atom. The van der Waals surface area contributed by atoms with Crippen molar-refractivity contribution in [3.8, 4) is 0 Å². The summed E-state index contributed by atoms with van der Waals surface area (Å²) in [5.41, 5.74) is -0.437. The van der Waals surface area contributed by atoms with E-state index in [-0.39, 0.29) is 6.09 Å². The lowest BCUT2D eigenvalue weighted by Crippen LogP contribution is -2.44. The number of amides is 1. The molecule has 2 N–H and O–H groups in total. The van der Waals surface area contributed by atoms with Crippen molar-refractivity contribution in [1.82, 2.24) is 15.5 Å². The van der Waals surface area contributed by atoms with Crippen LogP contribution < -0.4 is 10.6 Å². The third kappa shape index (κ3) is 6.97. The molecule has 1 aliphatic heterocycles. The Bertz CT molecular complexity index is 441. The van der Waals surface area contributed by atoms with Crippen molar-refractivity contribution in [3.05, 3.63) is 0 Å². The van der Waals surface area contributed by atoms with E-state index in [2.05, 4.69) is 17.6 Å². The predicted octanol–water partition coefficient (Wildman–Crippen LogP) is 2.60. The molecule has 1 unspecified atom stereocenters. The van der Waals surface area contributed by atoms with Crippen molar-refractivity contribution >= 4 is 12.1 Å². The minimum Gasteiger partial charge on any atom is -0.444 e. The van der Waals surface area contributed by atoms with Gasteiger partial charge in [-0.1, -0.05) is 0 Å². The van der Waals surface area contributed by atoms with E-state index in [1.54, 1.807) is 0 Å². The first-order valence-electron chi connectivity index (χ1n) is 9.37. The molecule has 1 heterocycles. The number of hydrogen-bond acceptors (Lipinski definition) is 3. The molecule has 0 aromatic rings. The maximum absolute atomic E-state index is 12.2. The monoisotopic (exact) mass is 338 g/mol. The highest BCUT2D eigenvalue weighted by atomic mass is 16.6. The van der Waals surface area contributed by atoms with Gasteiger partial charge < -0.3 is 20.3 Å². The summed E-state index contributed by atoms with van der Waals surface area (Å²) in [6.45, 7) is 12.0. The van der Waals surface area contributed by atoms with Gasteiger partial charge in [0.2, 0.25) is 0 Å². The van der Waals surface area contributed by atoms with E-state index in [4.69, 9.17) is 9.73 Å². The number of aliphatic imine (C=N–C) groups is 1. The van der Waals surface area contributed by atoms with E-state index < -0.39 is 5.60 Å². The van der Waals surface area contributed by atoms with E-state index in [9.17, 15) is 4.79 Å². The van der Waals surface area contributed by atoms with E-state index in [1.807, 2.05) is 25.7 Å². The van der Waals surface area contributed by atoms with E-state index in [0.29, 0.717) is 5.92 Å². The largest absolute Gasteiger partial charge is 0.444 e. The number of piperidine rings is 1. The second-order valence-electron chi connectivity index (χ2n) is 7.98. The molecule has 2 fully saturated rings. The third-order valence-corrected chi connectivity index (χ3v) is 4.28. The van der Waals surface area contributed by atoms with Crippen molar-refractivity contribution in [2.75, 3.05) is 32.7 Å². The highest BCUT2D eigenvalue weighted by Gasteiger charge is 2.27. The van der Waals surface area contributed by atoms with Crippen LogP contribution in [0.2, 0.25) is 0 Å². The van der Waals surface area contributed by atoms with Gasteiger partial charge in [0.15, 0.2) is 5.96 Å². The van der Waals surface area contributed by atoms with Gasteiger partial charge in [-0.25, -0.2) is 4.79 Å². The molecule has 1 atom stereocenters. The quantitative estimate of drug-likeness (QED) is 0.597. The fourth-order valence-corrected chi connectivity index (χ4v) is 2.83. The van der Waals surface area contributed by atoms with Gasteiger partial charge in [0, 0.05) is 32.7 Å². The lowest BCUT2D eigenvalue weighted by atomic mass is 9.98. The Kier molecular flexibility index (Phi) is 6.75. The summed E-state index contributed by atoms with van der Waals surface area (Å²) < 4.78 is 5.49. The number of nitrogens with one attached hydrogen (secondary N) is 2. The minimum atomic E-state index is -0.437. The average molecular weight is 338 g/mol. The molecule has 6 nitrogen and oxygen atoms in total. The lowest BCUT2D eigenvalue weighted by molar-refractivity contribution is 0.0170. The summed E-state index contributed by atoms with van der Waals surface area (Å²) in [5.74, 6) is 2.13. The first-order valence-corrected chi connectivity index (χ1v) is 9.37. The molecule has 0 spiro atoms. The molecule has 1 saturated heterocycles. The average Bonchev–Trinajstić information content (AvgIpc) is 3.33. The van der Waals surface area contributed by atoms with Crippen LogP contribution in [0.15, 0.2) is 4.99 Å². The second kappa shape index (κ2) is 8.58. The minimum absolute atomic E-state index is 0.199. The van der Waals surface area contributed by atoms with Gasteiger partial charge in [-0.3, -0.25) is 4.99 Å². The fourth-order valence-electron chi connectivity index (χ4n) is 2.83. The number of ether oxygens (including phenoxy) is 1. The molecule has 138 valence electrons. The van der Waals surface area contributed by atoms with Crippen molar-refractivity contribution < 1.29 is 9.53 Å². The molecule has 24 heavy (non-hydrogen) atoms. The summed E-state index contributed by atoms with van der Waals surface area (Å²) in [6, 6.07) is 0. The number of guanidine groups is 1. The van der Waals surface area contributed by atoms with Crippen LogP contribution in [0.4, 0.5) is 4.79 Å². The zero-order valence-electron chi connectivity index (χ0n) is 15.7. The first kappa shape index (κ1) is 18.9. The van der Waals surface area contributed by atoms with Gasteiger partial charge in [0.25, 0.3) is 0 Å². The van der Waals surface area contributed by atoms with Gasteiger partial charge in [-0.15, -0.1) is 0 Å². The Morgan fingerprint density at radius 1 is 1.21 bits per heavy atom. The number of nitrogens with zero attached hydrogens (tertiary/aromatic N) is 2. The maximum atomic E-state index is 12.2. The van der Waals surface area contributed by atoms with Crippen LogP contribution in [0.25, 0.3) is 0 Å². The summed E-state index contributed by atoms with van der Waals surface area (Å²) in [6.07, 6.45) is 4.60. The van der Waals surface area contributed by atoms with Crippen LogP contribution in [-0.2, 0) is 4.74 Å². The van der Waals surface area contributed by atoms with Crippen LogP contribution in [-0.4, -0.2) is 55.3 Å². The normalized spacial score (nSPS) is 22.2. The lowest BCUT2D eigenvalue weighted by Gasteiger charge is -2.33. The van der Waals surface area contributed by atoms with Crippen LogP contribution in [0, 0.1) is 11.8 Å². The van der Waals surface area contributed by atoms with Gasteiger partial charge in [0.1, 0.15) is 5.60 Å². The van der Waals surface area contributed by atoms with Gasteiger partial charge in [-0.05, 0) is 65.2 Å². The molecular formula is C18H34N4O2. The molecule has 1 saturated carbocycles. The Hall–Kier alpha value is -1.46. The molecule has 2 aliphatic rings. The highest BCUT2D eigenvalue weighted by molar-refractivity contribution is 5.79. The second-order valence-corrected chi connectivity index (χ2v) is 7.98. The highest BCUT2D eigenvalue weighted by Crippen LogP contribution is 2.27. The Balaban J connectivity index is 1.81. The van der Waals surface area contributed by atoms with Crippen LogP contribution in [0.1, 0.15) is 53.4 Å². The predicted molar refractivity (Wildman–Crippen MR) is 97.2 cm³/mol. The molecular weight excluding hydrogens is 304 g/mol. The SMILES string of the molecule is CCNC(=NCC1CCCN(C(=O)OC(C)(C)C)C1)NCC1CC1. The molecule has 0 radical (unpaired) electrons. The fraction of sp³-hybridized carbons (Fsp3) is 0.889. The first-order chi connectivity index (χ1) is 11.4. The summed E-state index contributed by atoms with van der Waals surface area (Å²) in [5, 5.41) is 6.72. The zero-order valence-corrected chi connectivity index (χ0v) is 15.7. The number of carbonyl (C=O) groups is 1. The molecule has 1 amide bonds.